The summed E-state index contributed by atoms with van der Waals surface area (Å²) in [7, 11) is 1.32. The second kappa shape index (κ2) is 9.87. The van der Waals surface area contributed by atoms with E-state index in [1.807, 2.05) is 36.4 Å². The molecule has 0 saturated heterocycles. The van der Waals surface area contributed by atoms with Gasteiger partial charge in [0, 0.05) is 18.0 Å². The first-order valence-electron chi connectivity index (χ1n) is 9.54. The van der Waals surface area contributed by atoms with Crippen molar-refractivity contribution in [1.29, 1.82) is 0 Å². The zero-order valence-corrected chi connectivity index (χ0v) is 17.3. The Kier molecular flexibility index (Phi) is 7.53. The zero-order valence-electron chi connectivity index (χ0n) is 17.3. The standard InChI is InChI=1S/C23H28N2O4/c1-16(23(2,3)22(28)29-4)24-21(27)19(15-17-11-7-5-8-12-17)25-20(26)18-13-9-6-10-14-18/h5-14,16,19H,15H2,1-4H3,(H,24,27)(H,25,26)/t16-,19-/m0/s1. The van der Waals surface area contributed by atoms with Crippen molar-refractivity contribution >= 4 is 17.8 Å². The molecular formula is C23H28N2O4. The van der Waals surface area contributed by atoms with E-state index in [1.54, 1.807) is 45.0 Å². The van der Waals surface area contributed by atoms with Crippen LogP contribution in [-0.4, -0.2) is 37.0 Å². The number of ether oxygens (including phenoxy) is 1. The molecule has 0 spiro atoms. The molecule has 2 amide bonds. The molecule has 0 aliphatic heterocycles. The van der Waals surface area contributed by atoms with E-state index in [0.717, 1.165) is 5.56 Å². The van der Waals surface area contributed by atoms with Crippen LogP contribution >= 0.6 is 0 Å². The first-order chi connectivity index (χ1) is 13.8. The molecule has 0 radical (unpaired) electrons. The van der Waals surface area contributed by atoms with E-state index in [2.05, 4.69) is 10.6 Å². The quantitative estimate of drug-likeness (QED) is 0.672. The van der Waals surface area contributed by atoms with Crippen LogP contribution in [0.15, 0.2) is 60.7 Å². The predicted molar refractivity (Wildman–Crippen MR) is 111 cm³/mol. The van der Waals surface area contributed by atoms with Gasteiger partial charge in [0.15, 0.2) is 0 Å². The Bertz CT molecular complexity index is 834. The number of rotatable bonds is 8. The van der Waals surface area contributed by atoms with Crippen molar-refractivity contribution in [3.05, 3.63) is 71.8 Å². The van der Waals surface area contributed by atoms with Gasteiger partial charge in [-0.1, -0.05) is 48.5 Å². The second-order valence-electron chi connectivity index (χ2n) is 7.53. The lowest BCUT2D eigenvalue weighted by Gasteiger charge is -2.31. The summed E-state index contributed by atoms with van der Waals surface area (Å²) < 4.78 is 4.84. The van der Waals surface area contributed by atoms with E-state index >= 15 is 0 Å². The monoisotopic (exact) mass is 396 g/mol. The highest BCUT2D eigenvalue weighted by atomic mass is 16.5. The van der Waals surface area contributed by atoms with Crippen LogP contribution in [0.5, 0.6) is 0 Å². The van der Waals surface area contributed by atoms with Crippen molar-refractivity contribution < 1.29 is 19.1 Å². The van der Waals surface area contributed by atoms with Crippen LogP contribution in [0, 0.1) is 5.41 Å². The lowest BCUT2D eigenvalue weighted by molar-refractivity contribution is -0.152. The van der Waals surface area contributed by atoms with Crippen molar-refractivity contribution in [3.63, 3.8) is 0 Å². The van der Waals surface area contributed by atoms with Crippen LogP contribution in [0.3, 0.4) is 0 Å². The molecule has 0 heterocycles. The third-order valence-corrected chi connectivity index (χ3v) is 5.09. The molecule has 0 aliphatic carbocycles. The minimum absolute atomic E-state index is 0.330. The zero-order chi connectivity index (χ0) is 21.4. The fraction of sp³-hybridized carbons (Fsp3) is 0.348. The summed E-state index contributed by atoms with van der Waals surface area (Å²) in [5, 5.41) is 5.67. The van der Waals surface area contributed by atoms with E-state index in [9.17, 15) is 14.4 Å². The molecule has 6 heteroatoms. The molecule has 2 rings (SSSR count). The minimum Gasteiger partial charge on any atom is -0.469 e. The largest absolute Gasteiger partial charge is 0.469 e. The Balaban J connectivity index is 2.18. The molecule has 0 unspecified atom stereocenters. The lowest BCUT2D eigenvalue weighted by atomic mass is 9.85. The summed E-state index contributed by atoms with van der Waals surface area (Å²) in [5.41, 5.74) is 0.479. The van der Waals surface area contributed by atoms with Crippen molar-refractivity contribution in [2.45, 2.75) is 39.3 Å². The smallest absolute Gasteiger partial charge is 0.313 e. The Morgan fingerprint density at radius 3 is 2.03 bits per heavy atom. The fourth-order valence-electron chi connectivity index (χ4n) is 2.82. The molecule has 6 nitrogen and oxygen atoms in total. The molecule has 2 aromatic rings. The van der Waals surface area contributed by atoms with E-state index < -0.39 is 23.5 Å². The number of hydrogen-bond acceptors (Lipinski definition) is 4. The van der Waals surface area contributed by atoms with E-state index in [-0.39, 0.29) is 11.8 Å². The van der Waals surface area contributed by atoms with Crippen molar-refractivity contribution in [3.8, 4) is 0 Å². The summed E-state index contributed by atoms with van der Waals surface area (Å²) in [6, 6.07) is 16.9. The van der Waals surface area contributed by atoms with Gasteiger partial charge in [-0.2, -0.15) is 0 Å². The van der Waals surface area contributed by atoms with Gasteiger partial charge in [-0.25, -0.2) is 0 Å². The van der Waals surface area contributed by atoms with Gasteiger partial charge in [-0.15, -0.1) is 0 Å². The maximum absolute atomic E-state index is 13.0. The highest BCUT2D eigenvalue weighted by Crippen LogP contribution is 2.22. The van der Waals surface area contributed by atoms with E-state index in [1.165, 1.54) is 7.11 Å². The fourth-order valence-corrected chi connectivity index (χ4v) is 2.82. The molecule has 2 atom stereocenters. The molecule has 0 fully saturated rings. The van der Waals surface area contributed by atoms with Gasteiger partial charge in [0.25, 0.3) is 5.91 Å². The molecular weight excluding hydrogens is 368 g/mol. The average molecular weight is 396 g/mol. The van der Waals surface area contributed by atoms with Gasteiger partial charge in [0.2, 0.25) is 5.91 Å². The summed E-state index contributed by atoms with van der Waals surface area (Å²) in [4.78, 5) is 37.7. The number of esters is 1. The number of amides is 2. The third kappa shape index (κ3) is 5.91. The van der Waals surface area contributed by atoms with Crippen molar-refractivity contribution in [1.82, 2.24) is 10.6 Å². The van der Waals surface area contributed by atoms with Crippen molar-refractivity contribution in [2.24, 2.45) is 5.41 Å². The van der Waals surface area contributed by atoms with Gasteiger partial charge in [-0.05, 0) is 38.5 Å². The van der Waals surface area contributed by atoms with E-state index in [0.29, 0.717) is 12.0 Å². The van der Waals surface area contributed by atoms with Gasteiger partial charge in [-0.3, -0.25) is 14.4 Å². The number of carbonyl (C=O) groups is 3. The topological polar surface area (TPSA) is 84.5 Å². The van der Waals surface area contributed by atoms with E-state index in [4.69, 9.17) is 4.74 Å². The Morgan fingerprint density at radius 2 is 1.48 bits per heavy atom. The minimum atomic E-state index is -0.912. The number of hydrogen-bond donors (Lipinski definition) is 2. The number of carbonyl (C=O) groups excluding carboxylic acids is 3. The lowest BCUT2D eigenvalue weighted by Crippen LogP contribution is -2.54. The molecule has 2 aromatic carbocycles. The summed E-state index contributed by atoms with van der Waals surface area (Å²) in [6.07, 6.45) is 0.330. The number of benzene rings is 2. The number of nitrogens with one attached hydrogen (secondary N) is 2. The maximum atomic E-state index is 13.0. The van der Waals surface area contributed by atoms with Crippen LogP contribution in [0.1, 0.15) is 36.7 Å². The highest BCUT2D eigenvalue weighted by Gasteiger charge is 2.37. The summed E-state index contributed by atoms with van der Waals surface area (Å²) >= 11 is 0. The van der Waals surface area contributed by atoms with Crippen LogP contribution in [0.25, 0.3) is 0 Å². The van der Waals surface area contributed by atoms with Gasteiger partial charge in [0.05, 0.1) is 12.5 Å². The first kappa shape index (κ1) is 22.1. The summed E-state index contributed by atoms with van der Waals surface area (Å²) in [6.45, 7) is 5.16. The molecule has 0 saturated carbocycles. The first-order valence-corrected chi connectivity index (χ1v) is 9.54. The maximum Gasteiger partial charge on any atom is 0.313 e. The molecule has 2 N–H and O–H groups in total. The van der Waals surface area contributed by atoms with Gasteiger partial charge < -0.3 is 15.4 Å². The van der Waals surface area contributed by atoms with Crippen LogP contribution in [0.4, 0.5) is 0 Å². The summed E-state index contributed by atoms with van der Waals surface area (Å²) in [5.74, 6) is -1.11. The molecule has 154 valence electrons. The normalized spacial score (nSPS) is 13.1. The average Bonchev–Trinajstić information content (AvgIpc) is 2.73. The van der Waals surface area contributed by atoms with Crippen LogP contribution in [-0.2, 0) is 20.7 Å². The predicted octanol–water partition coefficient (Wildman–Crippen LogP) is 2.73. The van der Waals surface area contributed by atoms with Crippen molar-refractivity contribution in [2.75, 3.05) is 7.11 Å². The third-order valence-electron chi connectivity index (χ3n) is 5.09. The SMILES string of the molecule is COC(=O)C(C)(C)[C@H](C)NC(=O)[C@H](Cc1ccccc1)NC(=O)c1ccccc1. The molecule has 29 heavy (non-hydrogen) atoms. The Hall–Kier alpha value is -3.15. The van der Waals surface area contributed by atoms with Crippen LogP contribution in [0.2, 0.25) is 0 Å². The number of methoxy groups -OCH3 is 1. The highest BCUT2D eigenvalue weighted by molar-refractivity contribution is 5.97. The molecule has 0 aromatic heterocycles. The molecule has 0 aliphatic rings. The molecule has 0 bridgehead atoms. The Labute approximate surface area is 171 Å². The van der Waals surface area contributed by atoms with Gasteiger partial charge >= 0.3 is 5.97 Å². The van der Waals surface area contributed by atoms with Crippen LogP contribution < -0.4 is 10.6 Å². The second-order valence-corrected chi connectivity index (χ2v) is 7.53. The Morgan fingerprint density at radius 1 is 0.931 bits per heavy atom. The van der Waals surface area contributed by atoms with Gasteiger partial charge in [0.1, 0.15) is 6.04 Å².